The number of benzene rings is 2. The summed E-state index contributed by atoms with van der Waals surface area (Å²) in [6.45, 7) is 9.68. The molecule has 0 radical (unpaired) electrons. The van der Waals surface area contributed by atoms with E-state index < -0.39 is 0 Å². The Kier molecular flexibility index (Phi) is 4.76. The van der Waals surface area contributed by atoms with Gasteiger partial charge in [-0.15, -0.1) is 0 Å². The molecule has 0 bridgehead atoms. The van der Waals surface area contributed by atoms with Gasteiger partial charge in [-0.05, 0) is 78.7 Å². The van der Waals surface area contributed by atoms with E-state index in [1.165, 1.54) is 68.1 Å². The van der Waals surface area contributed by atoms with Gasteiger partial charge in [-0.25, -0.2) is 9.41 Å². The molecule has 0 amide bonds. The van der Waals surface area contributed by atoms with Crippen LogP contribution >= 0.6 is 0 Å². The monoisotopic (exact) mass is 396 g/mol. The van der Waals surface area contributed by atoms with E-state index in [0.29, 0.717) is 23.7 Å². The SMILES string of the molecule is [2H]c1cc2cc([N+]#[C-])ccc2c(-c2cc(C3CCCC3)cc(C3CCCC3)c2C)[n+]1C. The summed E-state index contributed by atoms with van der Waals surface area (Å²) in [5.74, 6) is 1.34. The second-order valence-electron chi connectivity index (χ2n) is 9.31. The minimum Gasteiger partial charge on any atom is -0.238 e. The predicted octanol–water partition coefficient (Wildman–Crippen LogP) is 7.51. The van der Waals surface area contributed by atoms with Crippen molar-refractivity contribution in [2.45, 2.75) is 70.1 Å². The highest BCUT2D eigenvalue weighted by Crippen LogP contribution is 2.43. The van der Waals surface area contributed by atoms with Crippen LogP contribution in [0.5, 0.6) is 0 Å². The zero-order chi connectivity index (χ0) is 21.5. The van der Waals surface area contributed by atoms with Crippen molar-refractivity contribution in [3.63, 3.8) is 0 Å². The summed E-state index contributed by atoms with van der Waals surface area (Å²) >= 11 is 0. The van der Waals surface area contributed by atoms with Crippen molar-refractivity contribution < 1.29 is 5.94 Å². The molecule has 1 aromatic heterocycles. The van der Waals surface area contributed by atoms with Crippen LogP contribution < -0.4 is 4.57 Å². The first-order chi connectivity index (χ1) is 15.1. The molecule has 30 heavy (non-hydrogen) atoms. The third-order valence-corrected chi connectivity index (χ3v) is 7.52. The Labute approximate surface area is 181 Å². The van der Waals surface area contributed by atoms with Gasteiger partial charge in [-0.2, -0.15) is 0 Å². The summed E-state index contributed by atoms with van der Waals surface area (Å²) in [6.07, 6.45) is 11.0. The Morgan fingerprint density at radius 1 is 0.967 bits per heavy atom. The second-order valence-corrected chi connectivity index (χ2v) is 9.31. The van der Waals surface area contributed by atoms with Crippen LogP contribution in [0.25, 0.3) is 26.9 Å². The molecule has 2 aromatic carbocycles. The van der Waals surface area contributed by atoms with Crippen molar-refractivity contribution >= 4 is 16.5 Å². The summed E-state index contributed by atoms with van der Waals surface area (Å²) in [7, 11) is 2.01. The largest absolute Gasteiger partial charge is 0.238 e. The highest BCUT2D eigenvalue weighted by molar-refractivity contribution is 5.95. The molecule has 2 fully saturated rings. The molecule has 0 spiro atoms. The zero-order valence-corrected chi connectivity index (χ0v) is 18.2. The molecule has 2 aliphatic rings. The van der Waals surface area contributed by atoms with E-state index in [4.69, 9.17) is 7.94 Å². The lowest BCUT2D eigenvalue weighted by Gasteiger charge is -2.21. The lowest BCUT2D eigenvalue weighted by Crippen LogP contribution is -2.31. The lowest BCUT2D eigenvalue weighted by atomic mass is 9.84. The summed E-state index contributed by atoms with van der Waals surface area (Å²) in [5.41, 5.74) is 7.46. The fraction of sp³-hybridized carbons (Fsp3) is 0.429. The molecule has 2 aliphatic carbocycles. The average molecular weight is 397 g/mol. The molecule has 0 N–H and O–H groups in total. The van der Waals surface area contributed by atoms with Gasteiger partial charge >= 0.3 is 0 Å². The summed E-state index contributed by atoms with van der Waals surface area (Å²) < 4.78 is 10.6. The predicted molar refractivity (Wildman–Crippen MR) is 124 cm³/mol. The van der Waals surface area contributed by atoms with E-state index in [2.05, 4.69) is 30.0 Å². The lowest BCUT2D eigenvalue weighted by molar-refractivity contribution is -0.659. The highest BCUT2D eigenvalue weighted by Gasteiger charge is 2.27. The van der Waals surface area contributed by atoms with Gasteiger partial charge in [-0.3, -0.25) is 0 Å². The van der Waals surface area contributed by atoms with Gasteiger partial charge < -0.3 is 0 Å². The maximum atomic E-state index is 8.62. The summed E-state index contributed by atoms with van der Waals surface area (Å²) in [4.78, 5) is 3.61. The van der Waals surface area contributed by atoms with E-state index in [1.54, 1.807) is 5.56 Å². The van der Waals surface area contributed by atoms with Crippen LogP contribution in [0.1, 0.15) is 81.3 Å². The topological polar surface area (TPSA) is 8.24 Å². The molecule has 0 saturated heterocycles. The minimum atomic E-state index is 0.484. The Bertz CT molecular complexity index is 1190. The van der Waals surface area contributed by atoms with Gasteiger partial charge in [0.15, 0.2) is 11.9 Å². The fourth-order valence-corrected chi connectivity index (χ4v) is 5.85. The molecular formula is C28H31N2+. The molecule has 2 heteroatoms. The van der Waals surface area contributed by atoms with Crippen LogP contribution in [0.15, 0.2) is 42.6 Å². The summed E-state index contributed by atoms with van der Waals surface area (Å²) in [6, 6.07) is 12.8. The van der Waals surface area contributed by atoms with E-state index >= 15 is 0 Å². The standard InChI is InChI=1S/C28H31N2/c1-19-26(21-10-6-7-11-21)17-23(20-8-4-5-9-20)18-27(19)28-25-13-12-24(29-2)16-22(25)14-15-30(28)3/h12-18,20-21H,4-11H2,1,3H3/q+1/i15D. The zero-order valence-electron chi connectivity index (χ0n) is 19.2. The average Bonchev–Trinajstić information content (AvgIpc) is 3.49. The molecule has 2 nitrogen and oxygen atoms in total. The van der Waals surface area contributed by atoms with E-state index in [-0.39, 0.29) is 0 Å². The van der Waals surface area contributed by atoms with Gasteiger partial charge in [-0.1, -0.05) is 43.9 Å². The maximum Gasteiger partial charge on any atom is 0.220 e. The van der Waals surface area contributed by atoms with Gasteiger partial charge in [0.05, 0.1) is 17.5 Å². The van der Waals surface area contributed by atoms with Crippen molar-refractivity contribution in [3.05, 3.63) is 70.7 Å². The Balaban J connectivity index is 1.79. The van der Waals surface area contributed by atoms with Gasteiger partial charge in [0.1, 0.15) is 8.42 Å². The number of rotatable bonds is 3. The number of hydrogen-bond acceptors (Lipinski definition) is 0. The normalized spacial score (nSPS) is 18.1. The Morgan fingerprint density at radius 2 is 1.67 bits per heavy atom. The Hall–Kier alpha value is -2.66. The molecule has 3 aromatic rings. The molecule has 2 saturated carbocycles. The van der Waals surface area contributed by atoms with Crippen LogP contribution in [-0.4, -0.2) is 0 Å². The quantitative estimate of drug-likeness (QED) is 0.320. The Morgan fingerprint density at radius 3 is 2.37 bits per heavy atom. The van der Waals surface area contributed by atoms with Gasteiger partial charge in [0.2, 0.25) is 5.69 Å². The first-order valence-electron chi connectivity index (χ1n) is 12.0. The number of fused-ring (bicyclic) bond motifs is 1. The van der Waals surface area contributed by atoms with E-state index in [0.717, 1.165) is 16.5 Å². The molecule has 0 aliphatic heterocycles. The fourth-order valence-electron chi connectivity index (χ4n) is 5.85. The van der Waals surface area contributed by atoms with Crippen LogP contribution in [0.3, 0.4) is 0 Å². The van der Waals surface area contributed by atoms with Crippen molar-refractivity contribution in [1.29, 1.82) is 0 Å². The number of pyridine rings is 1. The maximum absolute atomic E-state index is 8.62. The minimum absolute atomic E-state index is 0.484. The van der Waals surface area contributed by atoms with Crippen molar-refractivity contribution in [3.8, 4) is 11.3 Å². The number of nitrogens with zero attached hydrogens (tertiary/aromatic N) is 2. The number of hydrogen-bond donors (Lipinski definition) is 0. The summed E-state index contributed by atoms with van der Waals surface area (Å²) in [5, 5.41) is 2.12. The smallest absolute Gasteiger partial charge is 0.220 e. The van der Waals surface area contributed by atoms with E-state index in [1.807, 2.05) is 29.8 Å². The molecule has 0 unspecified atom stereocenters. The molecule has 5 rings (SSSR count). The first kappa shape index (κ1) is 18.1. The number of aromatic nitrogens is 1. The molecule has 1 heterocycles. The third kappa shape index (κ3) is 3.31. The van der Waals surface area contributed by atoms with Gasteiger partial charge in [0.25, 0.3) is 0 Å². The van der Waals surface area contributed by atoms with Crippen LogP contribution in [0.2, 0.25) is 0 Å². The molecular weight excluding hydrogens is 364 g/mol. The second kappa shape index (κ2) is 7.88. The van der Waals surface area contributed by atoms with E-state index in [9.17, 15) is 0 Å². The third-order valence-electron chi connectivity index (χ3n) is 7.52. The molecule has 152 valence electrons. The van der Waals surface area contributed by atoms with Crippen molar-refractivity contribution in [2.24, 2.45) is 7.05 Å². The molecule has 0 atom stereocenters. The van der Waals surface area contributed by atoms with Gasteiger partial charge in [0, 0.05) is 6.07 Å². The van der Waals surface area contributed by atoms with Crippen molar-refractivity contribution in [2.75, 3.05) is 0 Å². The van der Waals surface area contributed by atoms with Crippen molar-refractivity contribution in [1.82, 2.24) is 0 Å². The highest BCUT2D eigenvalue weighted by atomic mass is 14.9. The van der Waals surface area contributed by atoms with Crippen LogP contribution in [0.4, 0.5) is 5.69 Å². The van der Waals surface area contributed by atoms with Crippen LogP contribution in [-0.2, 0) is 7.05 Å². The first-order valence-corrected chi connectivity index (χ1v) is 11.5. The van der Waals surface area contributed by atoms with Crippen LogP contribution in [0, 0.1) is 13.5 Å².